The van der Waals surface area contributed by atoms with Crippen LogP contribution in [0.15, 0.2) is 52.5 Å². The molecule has 0 aliphatic carbocycles. The Morgan fingerprint density at radius 1 is 1.07 bits per heavy atom. The number of carboxylic acids is 2. The molecular weight excluding hydrogens is 565 g/mol. The number of guanidine groups is 1. The van der Waals surface area contributed by atoms with Crippen LogP contribution < -0.4 is 25.7 Å². The van der Waals surface area contributed by atoms with Crippen molar-refractivity contribution in [3.8, 4) is 11.5 Å². The normalized spacial score (nSPS) is 11.8. The van der Waals surface area contributed by atoms with Crippen LogP contribution in [0.3, 0.4) is 0 Å². The fraction of sp³-hybridized carbons (Fsp3) is 0.348. The number of ether oxygens (including phenoxy) is 2. The number of nitrogens with zero attached hydrogens (tertiary/aromatic N) is 1. The molecule has 0 aliphatic heterocycles. The predicted molar refractivity (Wildman–Crippen MR) is 135 cm³/mol. The van der Waals surface area contributed by atoms with Crippen LogP contribution in [0.1, 0.15) is 17.5 Å². The molecular formula is C23H29F3N4O9S. The minimum Gasteiger partial charge on any atom is -0.495 e. The third-order valence-electron chi connectivity index (χ3n) is 4.63. The Hall–Kier alpha value is -4.25. The van der Waals surface area contributed by atoms with Gasteiger partial charge in [0, 0.05) is 6.42 Å². The first-order valence-electron chi connectivity index (χ1n) is 11.2. The molecule has 0 aliphatic rings. The lowest BCUT2D eigenvalue weighted by atomic mass is 10.1. The highest BCUT2D eigenvalue weighted by atomic mass is 32.2. The number of aliphatic carboxylic acids is 2. The highest BCUT2D eigenvalue weighted by molar-refractivity contribution is 7.89. The van der Waals surface area contributed by atoms with Crippen molar-refractivity contribution in [3.63, 3.8) is 0 Å². The second kappa shape index (κ2) is 15.4. The van der Waals surface area contributed by atoms with E-state index in [0.29, 0.717) is 29.9 Å². The number of nitrogens with two attached hydrogens (primary N) is 2. The largest absolute Gasteiger partial charge is 0.495 e. The van der Waals surface area contributed by atoms with Crippen LogP contribution in [-0.4, -0.2) is 69.1 Å². The number of nitrogens with one attached hydrogen (secondary N) is 1. The van der Waals surface area contributed by atoms with E-state index in [2.05, 4.69) is 9.88 Å². The number of benzene rings is 2. The summed E-state index contributed by atoms with van der Waals surface area (Å²) in [4.78, 5) is 25.4. The Balaban J connectivity index is 0.00000101. The fourth-order valence-electron chi connectivity index (χ4n) is 2.82. The van der Waals surface area contributed by atoms with E-state index in [9.17, 15) is 31.5 Å². The first-order valence-corrected chi connectivity index (χ1v) is 12.7. The summed E-state index contributed by atoms with van der Waals surface area (Å²) in [6.07, 6.45) is -4.60. The van der Waals surface area contributed by atoms with Crippen LogP contribution in [0.5, 0.6) is 11.5 Å². The molecule has 0 heterocycles. The minimum absolute atomic E-state index is 0.0602. The van der Waals surface area contributed by atoms with Gasteiger partial charge in [0.15, 0.2) is 0 Å². The van der Waals surface area contributed by atoms with Crippen LogP contribution in [0.25, 0.3) is 0 Å². The summed E-state index contributed by atoms with van der Waals surface area (Å²) in [5.41, 5.74) is 11.6. The van der Waals surface area contributed by atoms with E-state index in [1.54, 1.807) is 37.3 Å². The number of oxime groups is 1. The second-order valence-corrected chi connectivity index (χ2v) is 9.55. The van der Waals surface area contributed by atoms with Crippen LogP contribution >= 0.6 is 0 Å². The molecule has 7 N–H and O–H groups in total. The van der Waals surface area contributed by atoms with E-state index in [1.165, 1.54) is 19.2 Å². The summed E-state index contributed by atoms with van der Waals surface area (Å²) in [6, 6.07) is 9.95. The van der Waals surface area contributed by atoms with Crippen molar-refractivity contribution in [2.75, 3.05) is 20.3 Å². The molecule has 2 aromatic rings. The molecule has 2 rings (SSSR count). The summed E-state index contributed by atoms with van der Waals surface area (Å²) in [6.45, 7) is 2.37. The lowest BCUT2D eigenvalue weighted by Gasteiger charge is -2.17. The minimum atomic E-state index is -5.08. The molecule has 0 amide bonds. The van der Waals surface area contributed by atoms with E-state index in [-0.39, 0.29) is 29.6 Å². The molecule has 0 aromatic heterocycles. The van der Waals surface area contributed by atoms with Crippen molar-refractivity contribution in [3.05, 3.63) is 53.6 Å². The molecule has 13 nitrogen and oxygen atoms in total. The second-order valence-electron chi connectivity index (χ2n) is 7.87. The fourth-order valence-corrected chi connectivity index (χ4v) is 4.26. The third-order valence-corrected chi connectivity index (χ3v) is 6.12. The van der Waals surface area contributed by atoms with Gasteiger partial charge in [-0.05, 0) is 53.9 Å². The molecule has 17 heteroatoms. The zero-order valence-corrected chi connectivity index (χ0v) is 22.2. The van der Waals surface area contributed by atoms with Crippen molar-refractivity contribution in [1.82, 2.24) is 4.72 Å². The van der Waals surface area contributed by atoms with Crippen LogP contribution in [0.4, 0.5) is 13.2 Å². The SMILES string of the molecule is COc1ccc(C)cc1S(=O)(=O)N[C@@H](Cc1ccc(OCCCON=C(N)N)cc1)C(=O)O.O=C(O)C(F)(F)F. The maximum atomic E-state index is 12.8. The molecule has 2 aromatic carbocycles. The Morgan fingerprint density at radius 3 is 2.17 bits per heavy atom. The van der Waals surface area contributed by atoms with Crippen molar-refractivity contribution >= 4 is 27.9 Å². The molecule has 0 fully saturated rings. The number of methoxy groups -OCH3 is 1. The van der Waals surface area contributed by atoms with Crippen LogP contribution in [-0.2, 0) is 30.9 Å². The van der Waals surface area contributed by atoms with Crippen molar-refractivity contribution in [2.45, 2.75) is 36.9 Å². The van der Waals surface area contributed by atoms with Gasteiger partial charge in [0.25, 0.3) is 0 Å². The zero-order chi connectivity index (χ0) is 30.5. The summed E-state index contributed by atoms with van der Waals surface area (Å²) < 4.78 is 70.4. The Kier molecular flexibility index (Phi) is 13.0. The van der Waals surface area contributed by atoms with Gasteiger partial charge in [-0.2, -0.15) is 17.9 Å². The van der Waals surface area contributed by atoms with E-state index < -0.39 is 34.2 Å². The maximum absolute atomic E-state index is 12.8. The van der Waals surface area contributed by atoms with Gasteiger partial charge in [0.05, 0.1) is 13.7 Å². The van der Waals surface area contributed by atoms with E-state index in [0.717, 1.165) is 0 Å². The number of halogens is 3. The summed E-state index contributed by atoms with van der Waals surface area (Å²) >= 11 is 0. The first kappa shape index (κ1) is 33.8. The van der Waals surface area contributed by atoms with Crippen molar-refractivity contribution in [2.24, 2.45) is 16.6 Å². The molecule has 0 radical (unpaired) electrons. The molecule has 0 bridgehead atoms. The predicted octanol–water partition coefficient (Wildman–Crippen LogP) is 1.59. The Morgan fingerprint density at radius 2 is 1.68 bits per heavy atom. The molecule has 0 unspecified atom stereocenters. The van der Waals surface area contributed by atoms with Crippen LogP contribution in [0.2, 0.25) is 0 Å². The van der Waals surface area contributed by atoms with Gasteiger partial charge in [-0.1, -0.05) is 18.2 Å². The molecule has 0 saturated heterocycles. The lowest BCUT2D eigenvalue weighted by Crippen LogP contribution is -2.42. The highest BCUT2D eigenvalue weighted by Crippen LogP contribution is 2.25. The standard InChI is InChI=1S/C21H28N4O7S.C2HF3O2/c1-14-4-9-18(30-2)19(12-14)33(28,29)25-17(20(26)27)13-15-5-7-16(8-6-15)31-10-3-11-32-24-21(22)23;3-2(4,5)1(6)7/h4-9,12,17,25H,3,10-11,13H2,1-2H3,(H,26,27)(H4,22,23,24);(H,6,7)/t17-;/m0./s1. The smallest absolute Gasteiger partial charge is 0.490 e. The van der Waals surface area contributed by atoms with Gasteiger partial charge < -0.3 is 36.0 Å². The number of carboxylic acid groups (broad SMARTS) is 2. The highest BCUT2D eigenvalue weighted by Gasteiger charge is 2.38. The van der Waals surface area contributed by atoms with Crippen molar-refractivity contribution < 1.29 is 55.7 Å². The van der Waals surface area contributed by atoms with Gasteiger partial charge in [-0.15, -0.1) is 0 Å². The summed E-state index contributed by atoms with van der Waals surface area (Å²) in [5, 5.41) is 20.1. The van der Waals surface area contributed by atoms with Gasteiger partial charge >= 0.3 is 18.1 Å². The number of sulfonamides is 1. The third kappa shape index (κ3) is 12.1. The molecule has 40 heavy (non-hydrogen) atoms. The number of aryl methyl sites for hydroxylation is 1. The van der Waals surface area contributed by atoms with E-state index in [4.69, 9.17) is 35.7 Å². The Labute approximate surface area is 227 Å². The number of carbonyl (C=O) groups is 2. The average molecular weight is 595 g/mol. The molecule has 1 atom stereocenters. The zero-order valence-electron chi connectivity index (χ0n) is 21.3. The molecule has 222 valence electrons. The monoisotopic (exact) mass is 594 g/mol. The summed E-state index contributed by atoms with van der Waals surface area (Å²) in [7, 11) is -2.79. The van der Waals surface area contributed by atoms with E-state index >= 15 is 0 Å². The first-order chi connectivity index (χ1) is 18.6. The number of hydrogen-bond acceptors (Lipinski definition) is 8. The maximum Gasteiger partial charge on any atom is 0.490 e. The number of alkyl halides is 3. The molecule has 0 spiro atoms. The van der Waals surface area contributed by atoms with E-state index in [1.807, 2.05) is 0 Å². The lowest BCUT2D eigenvalue weighted by molar-refractivity contribution is -0.192. The van der Waals surface area contributed by atoms with Gasteiger partial charge in [-0.25, -0.2) is 13.2 Å². The average Bonchev–Trinajstić information content (AvgIpc) is 2.86. The number of rotatable bonds is 13. The van der Waals surface area contributed by atoms with Gasteiger partial charge in [0.2, 0.25) is 16.0 Å². The van der Waals surface area contributed by atoms with Gasteiger partial charge in [-0.3, -0.25) is 4.79 Å². The number of hydrogen-bond donors (Lipinski definition) is 5. The van der Waals surface area contributed by atoms with Gasteiger partial charge in [0.1, 0.15) is 29.0 Å². The summed E-state index contributed by atoms with van der Waals surface area (Å²) in [5.74, 6) is -3.52. The topological polar surface area (TPSA) is 213 Å². The Bertz CT molecular complexity index is 1270. The quantitative estimate of drug-likeness (QED) is 0.0972. The molecule has 0 saturated carbocycles. The van der Waals surface area contributed by atoms with Crippen LogP contribution in [0, 0.1) is 6.92 Å². The van der Waals surface area contributed by atoms with Crippen molar-refractivity contribution in [1.29, 1.82) is 0 Å².